The van der Waals surface area contributed by atoms with E-state index < -0.39 is 0 Å². The van der Waals surface area contributed by atoms with Crippen LogP contribution in [0.5, 0.6) is 0 Å². The molecule has 1 unspecified atom stereocenters. The highest BCUT2D eigenvalue weighted by atomic mass is 35.5. The molecule has 106 valence electrons. The Kier molecular flexibility index (Phi) is 4.95. The first-order chi connectivity index (χ1) is 9.03. The predicted octanol–water partition coefficient (Wildman–Crippen LogP) is 6.23. The summed E-state index contributed by atoms with van der Waals surface area (Å²) in [5.74, 6) is 0.856. The van der Waals surface area contributed by atoms with E-state index in [-0.39, 0.29) is 10.8 Å². The molecule has 1 aliphatic rings. The van der Waals surface area contributed by atoms with E-state index in [2.05, 4.69) is 45.0 Å². The average Bonchev–Trinajstić information content (AvgIpc) is 2.91. The number of benzene rings is 1. The molecule has 1 aromatic carbocycles. The zero-order chi connectivity index (χ0) is 13.9. The lowest BCUT2D eigenvalue weighted by Crippen LogP contribution is -2.15. The van der Waals surface area contributed by atoms with Crippen LogP contribution in [0.15, 0.2) is 24.3 Å². The fraction of sp³-hybridized carbons (Fsp3) is 0.667. The van der Waals surface area contributed by atoms with Crippen LogP contribution in [-0.2, 0) is 5.41 Å². The third kappa shape index (κ3) is 3.75. The molecule has 1 atom stereocenters. The van der Waals surface area contributed by atoms with Crippen LogP contribution in [-0.4, -0.2) is 0 Å². The standard InChI is InChI=1S/C18H27Cl/c1-4-18(2,3)16-11-9-15(10-12-16)17(19)13-14-7-5-6-8-14/h9-12,14,17H,4-8,13H2,1-3H3. The summed E-state index contributed by atoms with van der Waals surface area (Å²) in [4.78, 5) is 0. The van der Waals surface area contributed by atoms with Crippen molar-refractivity contribution in [2.75, 3.05) is 0 Å². The Hall–Kier alpha value is -0.490. The number of alkyl halides is 1. The Labute approximate surface area is 123 Å². The molecule has 0 N–H and O–H groups in total. The van der Waals surface area contributed by atoms with Crippen LogP contribution < -0.4 is 0 Å². The van der Waals surface area contributed by atoms with E-state index in [1.807, 2.05) is 0 Å². The molecule has 0 bridgehead atoms. The zero-order valence-corrected chi connectivity index (χ0v) is 13.3. The van der Waals surface area contributed by atoms with Crippen molar-refractivity contribution in [1.82, 2.24) is 0 Å². The molecule has 0 nitrogen and oxygen atoms in total. The van der Waals surface area contributed by atoms with Gasteiger partial charge in [-0.15, -0.1) is 11.6 Å². The van der Waals surface area contributed by atoms with Crippen LogP contribution in [0, 0.1) is 5.92 Å². The van der Waals surface area contributed by atoms with Crippen molar-refractivity contribution in [3.8, 4) is 0 Å². The maximum atomic E-state index is 6.59. The summed E-state index contributed by atoms with van der Waals surface area (Å²) < 4.78 is 0. The molecule has 1 aliphatic carbocycles. The normalized spacial score (nSPS) is 18.7. The Morgan fingerprint density at radius 1 is 1.16 bits per heavy atom. The fourth-order valence-electron chi connectivity index (χ4n) is 3.02. The summed E-state index contributed by atoms with van der Waals surface area (Å²) >= 11 is 6.59. The second-order valence-corrected chi connectivity index (χ2v) is 7.24. The third-order valence-corrected chi connectivity index (χ3v) is 5.38. The average molecular weight is 279 g/mol. The molecule has 0 heterocycles. The highest BCUT2D eigenvalue weighted by Crippen LogP contribution is 2.37. The van der Waals surface area contributed by atoms with E-state index >= 15 is 0 Å². The van der Waals surface area contributed by atoms with E-state index in [0.717, 1.165) is 12.3 Å². The monoisotopic (exact) mass is 278 g/mol. The first-order valence-corrected chi connectivity index (χ1v) is 8.21. The summed E-state index contributed by atoms with van der Waals surface area (Å²) in [6.45, 7) is 6.86. The second-order valence-electron chi connectivity index (χ2n) is 6.71. The van der Waals surface area contributed by atoms with Crippen molar-refractivity contribution in [2.24, 2.45) is 5.92 Å². The van der Waals surface area contributed by atoms with Gasteiger partial charge in [-0.3, -0.25) is 0 Å². The van der Waals surface area contributed by atoms with E-state index in [1.165, 1.54) is 43.2 Å². The topological polar surface area (TPSA) is 0 Å². The molecule has 19 heavy (non-hydrogen) atoms. The first-order valence-electron chi connectivity index (χ1n) is 7.77. The minimum atomic E-state index is 0.196. The zero-order valence-electron chi connectivity index (χ0n) is 12.6. The lowest BCUT2D eigenvalue weighted by molar-refractivity contribution is 0.494. The van der Waals surface area contributed by atoms with Gasteiger partial charge in [0.25, 0.3) is 0 Å². The number of rotatable bonds is 5. The molecule has 0 amide bonds. The van der Waals surface area contributed by atoms with Crippen LogP contribution in [0.3, 0.4) is 0 Å². The molecule has 1 saturated carbocycles. The summed E-state index contributed by atoms with van der Waals surface area (Å²) in [7, 11) is 0. The van der Waals surface area contributed by atoms with Gasteiger partial charge >= 0.3 is 0 Å². The largest absolute Gasteiger partial charge is 0.118 e. The lowest BCUT2D eigenvalue weighted by atomic mass is 9.82. The Morgan fingerprint density at radius 2 is 1.74 bits per heavy atom. The highest BCUT2D eigenvalue weighted by molar-refractivity contribution is 6.20. The van der Waals surface area contributed by atoms with E-state index in [0.29, 0.717) is 0 Å². The van der Waals surface area contributed by atoms with E-state index in [1.54, 1.807) is 0 Å². The number of hydrogen-bond acceptors (Lipinski definition) is 0. The molecule has 2 rings (SSSR count). The Morgan fingerprint density at radius 3 is 2.26 bits per heavy atom. The van der Waals surface area contributed by atoms with Crippen molar-refractivity contribution in [1.29, 1.82) is 0 Å². The van der Waals surface area contributed by atoms with Gasteiger partial charge in [0.1, 0.15) is 0 Å². The van der Waals surface area contributed by atoms with Gasteiger partial charge in [0, 0.05) is 0 Å². The molecule has 1 fully saturated rings. The maximum absolute atomic E-state index is 6.59. The number of hydrogen-bond donors (Lipinski definition) is 0. The van der Waals surface area contributed by atoms with Gasteiger partial charge in [0.15, 0.2) is 0 Å². The summed E-state index contributed by atoms with van der Waals surface area (Å²) in [5.41, 5.74) is 2.99. The first kappa shape index (κ1) is 14.9. The summed E-state index contributed by atoms with van der Waals surface area (Å²) in [6, 6.07) is 9.00. The van der Waals surface area contributed by atoms with E-state index in [4.69, 9.17) is 11.6 Å². The van der Waals surface area contributed by atoms with Gasteiger partial charge in [0.2, 0.25) is 0 Å². The number of halogens is 1. The SMILES string of the molecule is CCC(C)(C)c1ccc(C(Cl)CC2CCCC2)cc1. The van der Waals surface area contributed by atoms with Gasteiger partial charge in [-0.2, -0.15) is 0 Å². The van der Waals surface area contributed by atoms with Gasteiger partial charge in [0.05, 0.1) is 5.38 Å². The predicted molar refractivity (Wildman–Crippen MR) is 84.9 cm³/mol. The third-order valence-electron chi connectivity index (χ3n) is 4.95. The summed E-state index contributed by atoms with van der Waals surface area (Å²) in [6.07, 6.45) is 7.88. The van der Waals surface area contributed by atoms with Crippen molar-refractivity contribution in [2.45, 2.75) is 70.1 Å². The molecular formula is C18H27Cl. The Bertz CT molecular complexity index is 385. The van der Waals surface area contributed by atoms with Crippen molar-refractivity contribution >= 4 is 11.6 Å². The van der Waals surface area contributed by atoms with E-state index in [9.17, 15) is 0 Å². The van der Waals surface area contributed by atoms with Gasteiger partial charge in [-0.1, -0.05) is 70.7 Å². The summed E-state index contributed by atoms with van der Waals surface area (Å²) in [5, 5.41) is 0.196. The molecule has 0 aromatic heterocycles. The highest BCUT2D eigenvalue weighted by Gasteiger charge is 2.21. The van der Waals surface area contributed by atoms with Crippen LogP contribution >= 0.6 is 11.6 Å². The second kappa shape index (κ2) is 6.31. The van der Waals surface area contributed by atoms with Gasteiger partial charge in [-0.05, 0) is 35.3 Å². The quantitative estimate of drug-likeness (QED) is 0.560. The maximum Gasteiger partial charge on any atom is 0.0587 e. The molecule has 0 aliphatic heterocycles. The van der Waals surface area contributed by atoms with Crippen molar-refractivity contribution in [3.63, 3.8) is 0 Å². The lowest BCUT2D eigenvalue weighted by Gasteiger charge is -2.24. The minimum absolute atomic E-state index is 0.196. The molecule has 0 saturated heterocycles. The van der Waals surface area contributed by atoms with Crippen LogP contribution in [0.1, 0.15) is 75.8 Å². The van der Waals surface area contributed by atoms with Gasteiger partial charge < -0.3 is 0 Å². The minimum Gasteiger partial charge on any atom is -0.118 e. The molecule has 0 spiro atoms. The van der Waals surface area contributed by atoms with Gasteiger partial charge in [-0.25, -0.2) is 0 Å². The molecule has 1 aromatic rings. The van der Waals surface area contributed by atoms with Crippen LogP contribution in [0.2, 0.25) is 0 Å². The molecule has 1 heteroatoms. The fourth-order valence-corrected chi connectivity index (χ4v) is 3.42. The van der Waals surface area contributed by atoms with Crippen molar-refractivity contribution in [3.05, 3.63) is 35.4 Å². The Balaban J connectivity index is 2.01. The van der Waals surface area contributed by atoms with Crippen LogP contribution in [0.25, 0.3) is 0 Å². The van der Waals surface area contributed by atoms with Crippen LogP contribution in [0.4, 0.5) is 0 Å². The molecule has 0 radical (unpaired) electrons. The smallest absolute Gasteiger partial charge is 0.0587 e. The molecular weight excluding hydrogens is 252 g/mol. The van der Waals surface area contributed by atoms with Crippen molar-refractivity contribution < 1.29 is 0 Å².